The molecule has 0 radical (unpaired) electrons. The molecule has 2 aromatic heterocycles. The van der Waals surface area contributed by atoms with E-state index in [1.807, 2.05) is 12.1 Å². The summed E-state index contributed by atoms with van der Waals surface area (Å²) in [5.74, 6) is 0.914. The van der Waals surface area contributed by atoms with Crippen molar-refractivity contribution in [2.75, 3.05) is 18.4 Å². The van der Waals surface area contributed by atoms with Gasteiger partial charge in [-0.1, -0.05) is 11.6 Å². The Hall–Kier alpha value is -1.39. The van der Waals surface area contributed by atoms with Crippen LogP contribution in [0.4, 0.5) is 5.82 Å². The van der Waals surface area contributed by atoms with Gasteiger partial charge in [0.25, 0.3) is 0 Å². The van der Waals surface area contributed by atoms with E-state index in [4.69, 9.17) is 11.6 Å². The van der Waals surface area contributed by atoms with E-state index in [2.05, 4.69) is 20.6 Å². The number of aromatic nitrogens is 2. The van der Waals surface area contributed by atoms with E-state index in [1.54, 1.807) is 12.3 Å². The highest BCUT2D eigenvalue weighted by molar-refractivity contribution is 6.29. The quantitative estimate of drug-likeness (QED) is 0.817. The third-order valence-electron chi connectivity index (χ3n) is 3.23. The van der Waals surface area contributed by atoms with Crippen LogP contribution in [0.5, 0.6) is 0 Å². The van der Waals surface area contributed by atoms with Gasteiger partial charge in [-0.3, -0.25) is 0 Å². The van der Waals surface area contributed by atoms with Crippen molar-refractivity contribution in [1.29, 1.82) is 0 Å². The fourth-order valence-electron chi connectivity index (χ4n) is 2.25. The van der Waals surface area contributed by atoms with Crippen LogP contribution in [-0.2, 0) is 0 Å². The average Bonchev–Trinajstić information content (AvgIpc) is 2.39. The minimum absolute atomic E-state index is 0.481. The van der Waals surface area contributed by atoms with Gasteiger partial charge in [0, 0.05) is 23.7 Å². The lowest BCUT2D eigenvalue weighted by atomic mass is 10.1. The number of fused-ring (bicyclic) bond motifs is 1. The molecule has 1 aliphatic rings. The van der Waals surface area contributed by atoms with Crippen molar-refractivity contribution in [3.05, 3.63) is 29.5 Å². The Morgan fingerprint density at radius 1 is 1.28 bits per heavy atom. The number of nitrogens with one attached hydrogen (secondary N) is 2. The van der Waals surface area contributed by atoms with Crippen LogP contribution in [0, 0.1) is 0 Å². The maximum Gasteiger partial charge on any atom is 0.131 e. The van der Waals surface area contributed by atoms with Gasteiger partial charge < -0.3 is 10.6 Å². The summed E-state index contributed by atoms with van der Waals surface area (Å²) in [6, 6.07) is 6.33. The maximum absolute atomic E-state index is 5.88. The third-order valence-corrected chi connectivity index (χ3v) is 3.44. The van der Waals surface area contributed by atoms with Crippen LogP contribution in [0.2, 0.25) is 5.15 Å². The third kappa shape index (κ3) is 2.54. The molecule has 3 heterocycles. The van der Waals surface area contributed by atoms with Crippen molar-refractivity contribution in [3.63, 3.8) is 0 Å². The van der Waals surface area contributed by atoms with Gasteiger partial charge in [0.1, 0.15) is 11.0 Å². The summed E-state index contributed by atoms with van der Waals surface area (Å²) in [7, 11) is 0. The number of rotatable bonds is 2. The molecule has 0 amide bonds. The Balaban J connectivity index is 1.83. The lowest BCUT2D eigenvalue weighted by Crippen LogP contribution is -2.35. The molecule has 3 rings (SSSR count). The van der Waals surface area contributed by atoms with Crippen LogP contribution < -0.4 is 10.6 Å². The smallest absolute Gasteiger partial charge is 0.131 e. The monoisotopic (exact) mass is 262 g/mol. The molecular formula is C13H15ClN4. The Kier molecular flexibility index (Phi) is 3.30. The summed E-state index contributed by atoms with van der Waals surface area (Å²) in [5, 5.41) is 8.32. The van der Waals surface area contributed by atoms with Crippen LogP contribution in [0.25, 0.3) is 10.9 Å². The van der Waals surface area contributed by atoms with E-state index in [0.717, 1.165) is 42.7 Å². The SMILES string of the molecule is Clc1cc2nc(NC3CCNCC3)ccc2cn1. The van der Waals surface area contributed by atoms with Gasteiger partial charge in [-0.25, -0.2) is 9.97 Å². The van der Waals surface area contributed by atoms with Gasteiger partial charge >= 0.3 is 0 Å². The molecule has 1 fully saturated rings. The lowest BCUT2D eigenvalue weighted by molar-refractivity contribution is 0.478. The van der Waals surface area contributed by atoms with Crippen LogP contribution in [0.1, 0.15) is 12.8 Å². The lowest BCUT2D eigenvalue weighted by Gasteiger charge is -2.24. The Bertz CT molecular complexity index is 552. The molecule has 0 unspecified atom stereocenters. The van der Waals surface area contributed by atoms with Crippen molar-refractivity contribution < 1.29 is 0 Å². The molecule has 0 aromatic carbocycles. The van der Waals surface area contributed by atoms with Gasteiger partial charge in [0.2, 0.25) is 0 Å². The minimum atomic E-state index is 0.481. The van der Waals surface area contributed by atoms with E-state index >= 15 is 0 Å². The van der Waals surface area contributed by atoms with Crippen molar-refractivity contribution in [2.24, 2.45) is 0 Å². The number of anilines is 1. The Morgan fingerprint density at radius 2 is 2.11 bits per heavy atom. The van der Waals surface area contributed by atoms with E-state index in [9.17, 15) is 0 Å². The minimum Gasteiger partial charge on any atom is -0.367 e. The summed E-state index contributed by atoms with van der Waals surface area (Å²) < 4.78 is 0. The topological polar surface area (TPSA) is 49.8 Å². The first-order valence-electron chi connectivity index (χ1n) is 6.21. The first-order chi connectivity index (χ1) is 8.81. The van der Waals surface area contributed by atoms with E-state index < -0.39 is 0 Å². The summed E-state index contributed by atoms with van der Waals surface area (Å²) in [6.45, 7) is 2.14. The summed E-state index contributed by atoms with van der Waals surface area (Å²) in [5.41, 5.74) is 0.883. The second-order valence-corrected chi connectivity index (χ2v) is 4.95. The molecule has 5 heteroatoms. The zero-order valence-corrected chi connectivity index (χ0v) is 10.7. The van der Waals surface area contributed by atoms with Gasteiger partial charge in [-0.05, 0) is 38.1 Å². The first kappa shape index (κ1) is 11.7. The number of hydrogen-bond donors (Lipinski definition) is 2. The highest BCUT2D eigenvalue weighted by Crippen LogP contribution is 2.18. The highest BCUT2D eigenvalue weighted by Gasteiger charge is 2.13. The Labute approximate surface area is 111 Å². The molecule has 0 spiro atoms. The maximum atomic E-state index is 5.88. The number of hydrogen-bond acceptors (Lipinski definition) is 4. The van der Waals surface area contributed by atoms with Crippen LogP contribution in [-0.4, -0.2) is 29.1 Å². The number of piperidine rings is 1. The predicted octanol–water partition coefficient (Wildman–Crippen LogP) is 2.45. The second kappa shape index (κ2) is 5.08. The molecule has 4 nitrogen and oxygen atoms in total. The van der Waals surface area contributed by atoms with Crippen molar-refractivity contribution in [1.82, 2.24) is 15.3 Å². The molecule has 2 aromatic rings. The van der Waals surface area contributed by atoms with Crippen LogP contribution >= 0.6 is 11.6 Å². The van der Waals surface area contributed by atoms with E-state index in [-0.39, 0.29) is 0 Å². The fourth-order valence-corrected chi connectivity index (χ4v) is 2.40. The fraction of sp³-hybridized carbons (Fsp3) is 0.385. The standard InChI is InChI=1S/C13H15ClN4/c14-12-7-11-9(8-16-12)1-2-13(18-11)17-10-3-5-15-6-4-10/h1-2,7-8,10,15H,3-6H2,(H,17,18). The second-order valence-electron chi connectivity index (χ2n) is 4.56. The van der Waals surface area contributed by atoms with Gasteiger partial charge in [0.15, 0.2) is 0 Å². The molecule has 0 saturated carbocycles. The summed E-state index contributed by atoms with van der Waals surface area (Å²) in [6.07, 6.45) is 4.02. The summed E-state index contributed by atoms with van der Waals surface area (Å²) >= 11 is 5.88. The summed E-state index contributed by atoms with van der Waals surface area (Å²) in [4.78, 5) is 8.62. The molecule has 2 N–H and O–H groups in total. The zero-order valence-electron chi connectivity index (χ0n) is 9.99. The van der Waals surface area contributed by atoms with Gasteiger partial charge in [0.05, 0.1) is 5.52 Å². The highest BCUT2D eigenvalue weighted by atomic mass is 35.5. The van der Waals surface area contributed by atoms with E-state index in [0.29, 0.717) is 11.2 Å². The van der Waals surface area contributed by atoms with Crippen molar-refractivity contribution >= 4 is 28.3 Å². The number of pyridine rings is 2. The van der Waals surface area contributed by atoms with Crippen molar-refractivity contribution in [3.8, 4) is 0 Å². The van der Waals surface area contributed by atoms with Crippen molar-refractivity contribution in [2.45, 2.75) is 18.9 Å². The van der Waals surface area contributed by atoms with Crippen LogP contribution in [0.3, 0.4) is 0 Å². The molecular weight excluding hydrogens is 248 g/mol. The number of halogens is 1. The van der Waals surface area contributed by atoms with Crippen LogP contribution in [0.15, 0.2) is 24.4 Å². The average molecular weight is 263 g/mol. The molecule has 0 aliphatic carbocycles. The molecule has 1 aliphatic heterocycles. The largest absolute Gasteiger partial charge is 0.367 e. The molecule has 0 atom stereocenters. The van der Waals surface area contributed by atoms with Gasteiger partial charge in [-0.15, -0.1) is 0 Å². The molecule has 1 saturated heterocycles. The van der Waals surface area contributed by atoms with E-state index in [1.165, 1.54) is 0 Å². The Morgan fingerprint density at radius 3 is 2.94 bits per heavy atom. The normalized spacial score (nSPS) is 16.9. The predicted molar refractivity (Wildman–Crippen MR) is 74.1 cm³/mol. The molecule has 0 bridgehead atoms. The first-order valence-corrected chi connectivity index (χ1v) is 6.58. The molecule has 18 heavy (non-hydrogen) atoms. The number of nitrogens with zero attached hydrogens (tertiary/aromatic N) is 2. The zero-order chi connectivity index (χ0) is 12.4. The molecule has 94 valence electrons. The van der Waals surface area contributed by atoms with Gasteiger partial charge in [-0.2, -0.15) is 0 Å².